The summed E-state index contributed by atoms with van der Waals surface area (Å²) in [5.74, 6) is 0.402. The third-order valence-corrected chi connectivity index (χ3v) is 6.05. The van der Waals surface area contributed by atoms with Gasteiger partial charge in [-0.3, -0.25) is 0 Å². The second-order valence-electron chi connectivity index (χ2n) is 7.91. The third kappa shape index (κ3) is 3.64. The molecule has 1 heterocycles. The zero-order chi connectivity index (χ0) is 22.8. The number of carbonyl (C=O) groups is 1. The van der Waals surface area contributed by atoms with E-state index in [0.29, 0.717) is 12.2 Å². The van der Waals surface area contributed by atoms with Gasteiger partial charge >= 0.3 is 5.97 Å². The Bertz CT molecular complexity index is 1380. The molecular weight excluding hydrogens is 410 g/mol. The Labute approximate surface area is 193 Å². The van der Waals surface area contributed by atoms with Gasteiger partial charge in [0.2, 0.25) is 0 Å². The molecule has 0 unspecified atom stereocenters. The first-order valence-electron chi connectivity index (χ1n) is 11.1. The Kier molecular flexibility index (Phi) is 5.57. The summed E-state index contributed by atoms with van der Waals surface area (Å²) in [5.41, 5.74) is 3.82. The number of hydrogen-bond acceptors (Lipinski definition) is 3. The van der Waals surface area contributed by atoms with Crippen LogP contribution in [0.25, 0.3) is 21.7 Å². The van der Waals surface area contributed by atoms with Crippen molar-refractivity contribution in [2.45, 2.75) is 13.0 Å². The maximum absolute atomic E-state index is 13.0. The number of carbonyl (C=O) groups excluding carboxylic acids is 1. The Balaban J connectivity index is 1.85. The molecule has 4 aromatic carbocycles. The van der Waals surface area contributed by atoms with Crippen LogP contribution in [0.1, 0.15) is 34.5 Å². The average molecular weight is 436 g/mol. The number of benzene rings is 4. The molecule has 0 saturated carbocycles. The monoisotopic (exact) mass is 435 g/mol. The van der Waals surface area contributed by atoms with E-state index >= 15 is 0 Å². The first kappa shape index (κ1) is 20.8. The quantitative estimate of drug-likeness (QED) is 0.282. The molecule has 0 fully saturated rings. The summed E-state index contributed by atoms with van der Waals surface area (Å²) in [4.78, 5) is 13.0. The highest BCUT2D eigenvalue weighted by atomic mass is 16.5. The van der Waals surface area contributed by atoms with E-state index in [-0.39, 0.29) is 12.0 Å². The van der Waals surface area contributed by atoms with Crippen molar-refractivity contribution in [1.82, 2.24) is 4.57 Å². The van der Waals surface area contributed by atoms with Gasteiger partial charge in [0.25, 0.3) is 0 Å². The van der Waals surface area contributed by atoms with Crippen LogP contribution in [0.15, 0.2) is 97.2 Å². The Morgan fingerprint density at radius 3 is 2.12 bits per heavy atom. The molecule has 5 rings (SSSR count). The van der Waals surface area contributed by atoms with Crippen molar-refractivity contribution < 1.29 is 14.3 Å². The van der Waals surface area contributed by atoms with E-state index in [1.165, 1.54) is 11.1 Å². The van der Waals surface area contributed by atoms with Crippen molar-refractivity contribution in [2.75, 3.05) is 13.7 Å². The van der Waals surface area contributed by atoms with E-state index in [0.717, 1.165) is 27.4 Å². The van der Waals surface area contributed by atoms with Crippen LogP contribution in [-0.2, 0) is 4.74 Å². The van der Waals surface area contributed by atoms with Crippen LogP contribution in [-0.4, -0.2) is 24.3 Å². The van der Waals surface area contributed by atoms with Gasteiger partial charge in [0.1, 0.15) is 5.75 Å². The van der Waals surface area contributed by atoms with Crippen LogP contribution >= 0.6 is 0 Å². The molecule has 0 atom stereocenters. The molecule has 0 aliphatic heterocycles. The highest BCUT2D eigenvalue weighted by Gasteiger charge is 2.22. The first-order chi connectivity index (χ1) is 16.2. The van der Waals surface area contributed by atoms with Crippen LogP contribution in [0.3, 0.4) is 0 Å². The fourth-order valence-electron chi connectivity index (χ4n) is 4.63. The van der Waals surface area contributed by atoms with Gasteiger partial charge in [-0.1, -0.05) is 72.8 Å². The van der Waals surface area contributed by atoms with E-state index in [2.05, 4.69) is 65.4 Å². The average Bonchev–Trinajstić information content (AvgIpc) is 3.28. The van der Waals surface area contributed by atoms with Crippen LogP contribution in [0.2, 0.25) is 0 Å². The van der Waals surface area contributed by atoms with Gasteiger partial charge in [-0.25, -0.2) is 4.79 Å². The van der Waals surface area contributed by atoms with Crippen molar-refractivity contribution in [3.63, 3.8) is 0 Å². The molecule has 33 heavy (non-hydrogen) atoms. The topological polar surface area (TPSA) is 40.5 Å². The fraction of sp³-hybridized carbons (Fsp3) is 0.138. The predicted octanol–water partition coefficient (Wildman–Crippen LogP) is 6.62. The van der Waals surface area contributed by atoms with E-state index in [1.54, 1.807) is 7.11 Å². The van der Waals surface area contributed by atoms with Gasteiger partial charge in [0.15, 0.2) is 0 Å². The number of esters is 1. The van der Waals surface area contributed by atoms with Crippen LogP contribution in [0.4, 0.5) is 0 Å². The summed E-state index contributed by atoms with van der Waals surface area (Å²) in [6.45, 7) is 2.14. The van der Waals surface area contributed by atoms with E-state index in [1.807, 2.05) is 43.3 Å². The van der Waals surface area contributed by atoms with Crippen LogP contribution in [0, 0.1) is 0 Å². The second-order valence-corrected chi connectivity index (χ2v) is 7.91. The molecule has 0 N–H and O–H groups in total. The number of fused-ring (bicyclic) bond motifs is 3. The lowest BCUT2D eigenvalue weighted by molar-refractivity contribution is 0.0529. The molecule has 0 aliphatic carbocycles. The van der Waals surface area contributed by atoms with Crippen molar-refractivity contribution >= 4 is 27.6 Å². The van der Waals surface area contributed by atoms with E-state index in [9.17, 15) is 4.79 Å². The maximum Gasteiger partial charge on any atom is 0.338 e. The molecule has 0 aliphatic rings. The lowest BCUT2D eigenvalue weighted by Gasteiger charge is -2.22. The van der Waals surface area contributed by atoms with Crippen LogP contribution < -0.4 is 4.74 Å². The maximum atomic E-state index is 13.0. The minimum Gasteiger partial charge on any atom is -0.496 e. The summed E-state index contributed by atoms with van der Waals surface area (Å²) >= 11 is 0. The molecule has 0 radical (unpaired) electrons. The standard InChI is InChI=1S/C29H25NO3/c1-3-33-29(31)24-19-25-23(27-22(24)15-10-16-26(27)32-2)17-18-30(25)28(20-11-6-4-7-12-20)21-13-8-5-9-14-21/h4-19,28H,3H2,1-2H3. The summed E-state index contributed by atoms with van der Waals surface area (Å²) in [6, 6.07) is 30.6. The molecular formula is C29H25NO3. The molecule has 5 aromatic rings. The zero-order valence-electron chi connectivity index (χ0n) is 18.7. The van der Waals surface area contributed by atoms with Gasteiger partial charge < -0.3 is 14.0 Å². The second kappa shape index (κ2) is 8.83. The Morgan fingerprint density at radius 1 is 0.848 bits per heavy atom. The summed E-state index contributed by atoms with van der Waals surface area (Å²) < 4.78 is 13.4. The number of ether oxygens (including phenoxy) is 2. The predicted molar refractivity (Wildman–Crippen MR) is 132 cm³/mol. The highest BCUT2D eigenvalue weighted by molar-refractivity contribution is 6.17. The minimum absolute atomic E-state index is 0.0490. The van der Waals surface area contributed by atoms with Gasteiger partial charge in [-0.2, -0.15) is 0 Å². The number of hydrogen-bond donors (Lipinski definition) is 0. The molecule has 0 saturated heterocycles. The Hall–Kier alpha value is -4.05. The van der Waals surface area contributed by atoms with Gasteiger partial charge in [-0.05, 0) is 36.2 Å². The molecule has 1 aromatic heterocycles. The molecule has 0 bridgehead atoms. The first-order valence-corrected chi connectivity index (χ1v) is 11.1. The highest BCUT2D eigenvalue weighted by Crippen LogP contribution is 2.39. The zero-order valence-corrected chi connectivity index (χ0v) is 18.7. The SMILES string of the molecule is CCOC(=O)c1cc2c(ccn2C(c2ccccc2)c2ccccc2)c2c(OC)cccc12. The minimum atomic E-state index is -0.332. The lowest BCUT2D eigenvalue weighted by Crippen LogP contribution is -2.12. The number of methoxy groups -OCH3 is 1. The largest absolute Gasteiger partial charge is 0.496 e. The van der Waals surface area contributed by atoms with Crippen molar-refractivity contribution in [1.29, 1.82) is 0 Å². The normalized spacial score (nSPS) is 11.2. The van der Waals surface area contributed by atoms with Gasteiger partial charge in [0.05, 0.1) is 30.8 Å². The summed E-state index contributed by atoms with van der Waals surface area (Å²) in [5, 5.41) is 2.78. The molecule has 4 nitrogen and oxygen atoms in total. The van der Waals surface area contributed by atoms with Gasteiger partial charge in [0, 0.05) is 22.4 Å². The van der Waals surface area contributed by atoms with Crippen molar-refractivity contribution in [3.05, 3.63) is 114 Å². The summed E-state index contributed by atoms with van der Waals surface area (Å²) in [7, 11) is 1.66. The van der Waals surface area contributed by atoms with Crippen molar-refractivity contribution in [2.24, 2.45) is 0 Å². The molecule has 4 heteroatoms. The summed E-state index contributed by atoms with van der Waals surface area (Å²) in [6.07, 6.45) is 2.09. The number of rotatable bonds is 6. The fourth-order valence-corrected chi connectivity index (χ4v) is 4.63. The lowest BCUT2D eigenvalue weighted by atomic mass is 9.97. The van der Waals surface area contributed by atoms with E-state index < -0.39 is 0 Å². The molecule has 164 valence electrons. The number of nitrogens with zero attached hydrogens (tertiary/aromatic N) is 1. The smallest absolute Gasteiger partial charge is 0.338 e. The molecule has 0 spiro atoms. The third-order valence-electron chi connectivity index (χ3n) is 6.05. The Morgan fingerprint density at radius 2 is 1.52 bits per heavy atom. The van der Waals surface area contributed by atoms with E-state index in [4.69, 9.17) is 9.47 Å². The van der Waals surface area contributed by atoms with Gasteiger partial charge in [-0.15, -0.1) is 0 Å². The van der Waals surface area contributed by atoms with Crippen LogP contribution in [0.5, 0.6) is 5.75 Å². The number of aromatic nitrogens is 1. The van der Waals surface area contributed by atoms with Crippen molar-refractivity contribution in [3.8, 4) is 5.75 Å². The molecule has 0 amide bonds.